The molecule has 1 aliphatic heterocycles. The Morgan fingerprint density at radius 1 is 1.38 bits per heavy atom. The molecule has 7 nitrogen and oxygen atoms in total. The van der Waals surface area contributed by atoms with Gasteiger partial charge in [0.15, 0.2) is 11.4 Å². The summed E-state index contributed by atoms with van der Waals surface area (Å²) in [5, 5.41) is 10.0. The lowest BCUT2D eigenvalue weighted by Gasteiger charge is -2.43. The largest absolute Gasteiger partial charge is 0.504 e. The average molecular weight is 359 g/mol. The first kappa shape index (κ1) is 17.5. The Bertz CT molecular complexity index is 867. The molecule has 0 bridgehead atoms. The molecule has 2 aromatic rings. The van der Waals surface area contributed by atoms with Gasteiger partial charge in [-0.15, -0.1) is 0 Å². The maximum Gasteiger partial charge on any atom is 0.258 e. The molecule has 3 atom stereocenters. The van der Waals surface area contributed by atoms with Gasteiger partial charge in [0.05, 0.1) is 17.4 Å². The van der Waals surface area contributed by atoms with E-state index < -0.39 is 0 Å². The predicted octanol–water partition coefficient (Wildman–Crippen LogP) is 1.56. The Balaban J connectivity index is 1.64. The summed E-state index contributed by atoms with van der Waals surface area (Å²) in [4.78, 5) is 19.2. The van der Waals surface area contributed by atoms with Crippen LogP contribution in [0.25, 0.3) is 5.65 Å². The number of likely N-dealkylation sites (tertiary alicyclic amines) is 1. The highest BCUT2D eigenvalue weighted by Gasteiger charge is 2.51. The normalized spacial score (nSPS) is 29.2. The van der Waals surface area contributed by atoms with Gasteiger partial charge in [0, 0.05) is 45.6 Å². The van der Waals surface area contributed by atoms with Gasteiger partial charge in [0.1, 0.15) is 0 Å². The zero-order chi connectivity index (χ0) is 18.3. The van der Waals surface area contributed by atoms with E-state index in [-0.39, 0.29) is 29.1 Å². The van der Waals surface area contributed by atoms with Crippen LogP contribution in [0.2, 0.25) is 0 Å². The number of aromatic nitrogens is 2. The molecule has 2 aliphatic rings. The Morgan fingerprint density at radius 3 is 3.00 bits per heavy atom. The van der Waals surface area contributed by atoms with Crippen molar-refractivity contribution in [2.45, 2.75) is 50.0 Å². The molecule has 2 aromatic heterocycles. The zero-order valence-electron chi connectivity index (χ0n) is 15.2. The predicted molar refractivity (Wildman–Crippen MR) is 96.3 cm³/mol. The van der Waals surface area contributed by atoms with E-state index in [1.165, 1.54) is 4.40 Å². The third-order valence-electron chi connectivity index (χ3n) is 6.07. The fourth-order valence-electron chi connectivity index (χ4n) is 4.61. The molecular weight excluding hydrogens is 334 g/mol. The number of rotatable bonds is 4. The summed E-state index contributed by atoms with van der Waals surface area (Å²) in [6.07, 6.45) is 5.74. The number of fused-ring (bicyclic) bond motifs is 2. The molecule has 2 fully saturated rings. The fourth-order valence-corrected chi connectivity index (χ4v) is 4.61. The number of hydrogen-bond donors (Lipinski definition) is 1. The smallest absolute Gasteiger partial charge is 0.258 e. The molecule has 1 saturated heterocycles. The summed E-state index contributed by atoms with van der Waals surface area (Å²) in [6.45, 7) is 1.46. The Morgan fingerprint density at radius 2 is 2.23 bits per heavy atom. The highest BCUT2D eigenvalue weighted by molar-refractivity contribution is 5.52. The molecule has 26 heavy (non-hydrogen) atoms. The lowest BCUT2D eigenvalue weighted by atomic mass is 9.79. The van der Waals surface area contributed by atoms with Crippen LogP contribution >= 0.6 is 0 Å². The maximum atomic E-state index is 12.4. The van der Waals surface area contributed by atoms with Gasteiger partial charge >= 0.3 is 0 Å². The van der Waals surface area contributed by atoms with Crippen molar-refractivity contribution in [3.05, 3.63) is 40.4 Å². The van der Waals surface area contributed by atoms with Crippen LogP contribution in [0.1, 0.15) is 31.4 Å². The molecule has 0 aromatic carbocycles. The van der Waals surface area contributed by atoms with E-state index >= 15 is 0 Å². The third kappa shape index (κ3) is 2.80. The fraction of sp³-hybridized carbons (Fsp3) is 0.579. The molecule has 1 N–H and O–H groups in total. The van der Waals surface area contributed by atoms with Crippen LogP contribution in [-0.4, -0.2) is 57.9 Å². The SMILES string of the molecule is CO[C@@H]1CC[C@@]2(OC)CCN(Cc3cc(=O)n4cccc(O)c4n3)[C@H]2C1. The summed E-state index contributed by atoms with van der Waals surface area (Å²) in [7, 11) is 3.56. The molecule has 1 aliphatic carbocycles. The number of nitrogens with zero attached hydrogens (tertiary/aromatic N) is 3. The van der Waals surface area contributed by atoms with Crippen LogP contribution < -0.4 is 5.56 Å². The second-order valence-corrected chi connectivity index (χ2v) is 7.31. The summed E-state index contributed by atoms with van der Waals surface area (Å²) in [5.74, 6) is 0.0104. The van der Waals surface area contributed by atoms with Crippen molar-refractivity contribution in [2.75, 3.05) is 20.8 Å². The van der Waals surface area contributed by atoms with Gasteiger partial charge in [-0.25, -0.2) is 4.98 Å². The number of methoxy groups -OCH3 is 2. The van der Waals surface area contributed by atoms with Crippen molar-refractivity contribution in [3.63, 3.8) is 0 Å². The van der Waals surface area contributed by atoms with E-state index in [9.17, 15) is 9.90 Å². The molecule has 140 valence electrons. The van der Waals surface area contributed by atoms with Crippen LogP contribution in [0.3, 0.4) is 0 Å². The molecule has 4 rings (SSSR count). The van der Waals surface area contributed by atoms with Crippen LogP contribution in [0, 0.1) is 0 Å². The second kappa shape index (κ2) is 6.64. The first-order valence-electron chi connectivity index (χ1n) is 9.08. The minimum absolute atomic E-state index is 0.0104. The summed E-state index contributed by atoms with van der Waals surface area (Å²) >= 11 is 0. The van der Waals surface area contributed by atoms with E-state index in [4.69, 9.17) is 9.47 Å². The van der Waals surface area contributed by atoms with Crippen LogP contribution in [0.4, 0.5) is 0 Å². The van der Waals surface area contributed by atoms with Crippen LogP contribution in [0.5, 0.6) is 5.75 Å². The lowest BCUT2D eigenvalue weighted by molar-refractivity contribution is -0.0948. The average Bonchev–Trinajstić information content (AvgIpc) is 3.01. The molecule has 0 radical (unpaired) electrons. The van der Waals surface area contributed by atoms with E-state index in [1.54, 1.807) is 38.6 Å². The Labute approximate surface area is 152 Å². The lowest BCUT2D eigenvalue weighted by Crippen LogP contribution is -2.51. The summed E-state index contributed by atoms with van der Waals surface area (Å²) in [5.41, 5.74) is 0.647. The van der Waals surface area contributed by atoms with Crippen molar-refractivity contribution in [2.24, 2.45) is 0 Å². The molecular formula is C19H25N3O4. The first-order valence-corrected chi connectivity index (χ1v) is 9.08. The zero-order valence-corrected chi connectivity index (χ0v) is 15.2. The van der Waals surface area contributed by atoms with E-state index in [0.717, 1.165) is 32.2 Å². The third-order valence-corrected chi connectivity index (χ3v) is 6.07. The van der Waals surface area contributed by atoms with Gasteiger partial charge in [0.2, 0.25) is 0 Å². The van der Waals surface area contributed by atoms with Crippen molar-refractivity contribution in [1.29, 1.82) is 0 Å². The minimum Gasteiger partial charge on any atom is -0.504 e. The number of ether oxygens (including phenoxy) is 2. The molecule has 7 heteroatoms. The molecule has 1 saturated carbocycles. The first-order chi connectivity index (χ1) is 12.6. The monoisotopic (exact) mass is 359 g/mol. The topological polar surface area (TPSA) is 76.3 Å². The molecule has 0 amide bonds. The number of pyridine rings is 1. The van der Waals surface area contributed by atoms with Gasteiger partial charge in [-0.1, -0.05) is 0 Å². The van der Waals surface area contributed by atoms with Gasteiger partial charge in [-0.3, -0.25) is 14.1 Å². The van der Waals surface area contributed by atoms with Crippen LogP contribution in [-0.2, 0) is 16.0 Å². The van der Waals surface area contributed by atoms with Crippen molar-refractivity contribution in [3.8, 4) is 5.75 Å². The highest BCUT2D eigenvalue weighted by Crippen LogP contribution is 2.43. The number of hydrogen-bond acceptors (Lipinski definition) is 6. The van der Waals surface area contributed by atoms with E-state index in [2.05, 4.69) is 9.88 Å². The van der Waals surface area contributed by atoms with E-state index in [0.29, 0.717) is 17.9 Å². The van der Waals surface area contributed by atoms with Gasteiger partial charge in [-0.05, 0) is 37.8 Å². The maximum absolute atomic E-state index is 12.4. The van der Waals surface area contributed by atoms with Gasteiger partial charge in [0.25, 0.3) is 5.56 Å². The number of aromatic hydroxyl groups is 1. The van der Waals surface area contributed by atoms with Crippen molar-refractivity contribution in [1.82, 2.24) is 14.3 Å². The summed E-state index contributed by atoms with van der Waals surface area (Å²) in [6, 6.07) is 4.97. The Hall–Kier alpha value is -1.96. The van der Waals surface area contributed by atoms with Crippen LogP contribution in [0.15, 0.2) is 29.2 Å². The van der Waals surface area contributed by atoms with E-state index in [1.807, 2.05) is 0 Å². The molecule has 0 unspecified atom stereocenters. The molecule has 0 spiro atoms. The highest BCUT2D eigenvalue weighted by atomic mass is 16.5. The van der Waals surface area contributed by atoms with Gasteiger partial charge in [-0.2, -0.15) is 0 Å². The standard InChI is InChI=1S/C19H25N3O4/c1-25-14-5-6-19(26-2)7-9-21(16(19)11-14)12-13-10-17(24)22-8-3-4-15(23)18(22)20-13/h3-4,8,10,14,16,23H,5-7,9,11-12H2,1-2H3/t14-,16+,19-/m1/s1. The van der Waals surface area contributed by atoms with Crippen molar-refractivity contribution < 1.29 is 14.6 Å². The van der Waals surface area contributed by atoms with Gasteiger partial charge < -0.3 is 14.6 Å². The summed E-state index contributed by atoms with van der Waals surface area (Å²) < 4.78 is 12.9. The second-order valence-electron chi connectivity index (χ2n) is 7.31. The minimum atomic E-state index is -0.184. The van der Waals surface area contributed by atoms with Crippen molar-refractivity contribution >= 4 is 5.65 Å². The molecule has 3 heterocycles. The quantitative estimate of drug-likeness (QED) is 0.893. The Kier molecular flexibility index (Phi) is 4.46.